The van der Waals surface area contributed by atoms with Crippen LogP contribution in [0.5, 0.6) is 0 Å². The molecule has 1 saturated heterocycles. The van der Waals surface area contributed by atoms with Crippen LogP contribution in [0, 0.1) is 0 Å². The quantitative estimate of drug-likeness (QED) is 0.629. The Bertz CT molecular complexity index is 17.6. The van der Waals surface area contributed by atoms with Gasteiger partial charge >= 0.3 is 0 Å². The fourth-order valence-corrected chi connectivity index (χ4v) is 0.0913. The third kappa shape index (κ3) is 0.290. The summed E-state index contributed by atoms with van der Waals surface area (Å²) in [6, 6.07) is 0. The molecule has 1 heterocycles. The maximum Gasteiger partial charge on any atom is 0 e. The number of rotatable bonds is 0. The largest absolute Gasteiger partial charge is 0.617 e. The van der Waals surface area contributed by atoms with Crippen LogP contribution in [-0.4, -0.2) is 13.5 Å². The van der Waals surface area contributed by atoms with Crippen LogP contribution in [0.2, 0.25) is 0 Å². The summed E-state index contributed by atoms with van der Waals surface area (Å²) < 4.78 is 4.56. The molecule has 5 heavy (non-hydrogen) atoms. The number of hydrogen-bond donors (Lipinski definition) is 0. The van der Waals surface area contributed by atoms with Crippen molar-refractivity contribution in [2.75, 3.05) is 13.5 Å². The van der Waals surface area contributed by atoms with Crippen LogP contribution in [0.1, 0.15) is 0 Å². The molecular weight excluding hydrogens is 321 g/mol. The molecule has 1 aliphatic rings. The summed E-state index contributed by atoms with van der Waals surface area (Å²) in [5.74, 6) is 0. The summed E-state index contributed by atoms with van der Waals surface area (Å²) in [6.07, 6.45) is 0. The molecule has 0 saturated carbocycles. The standard InChI is InChI=1S/C2H4NO.Rf/c1-3-2-4-1;/h1-2H2;/q-1;. The molecule has 26 valence electrons. The summed E-state index contributed by atoms with van der Waals surface area (Å²) >= 11 is 0. The summed E-state index contributed by atoms with van der Waals surface area (Å²) in [5.41, 5.74) is 0. The van der Waals surface area contributed by atoms with Crippen molar-refractivity contribution in [1.82, 2.24) is 0 Å². The third-order valence-electron chi connectivity index (χ3n) is 0.365. The zero-order chi connectivity index (χ0) is 2.83. The van der Waals surface area contributed by atoms with Gasteiger partial charge in [-0.05, 0) is 13.5 Å². The van der Waals surface area contributed by atoms with E-state index in [2.05, 4.69) is 10.1 Å². The van der Waals surface area contributed by atoms with Crippen LogP contribution in [0.15, 0.2) is 0 Å². The van der Waals surface area contributed by atoms with E-state index in [0.29, 0.717) is 13.5 Å². The first-order valence-corrected chi connectivity index (χ1v) is 1.21. The number of ether oxygens (including phenoxy) is 1. The van der Waals surface area contributed by atoms with Crippen LogP contribution in [0.3, 0.4) is 0 Å². The molecule has 1 fully saturated rings. The van der Waals surface area contributed by atoms with E-state index in [0.717, 1.165) is 0 Å². The van der Waals surface area contributed by atoms with Gasteiger partial charge in [0.1, 0.15) is 0 Å². The molecule has 0 aromatic rings. The number of hydrogen-bond acceptors (Lipinski definition) is 1. The van der Waals surface area contributed by atoms with Gasteiger partial charge in [-0.15, -0.1) is 0 Å². The van der Waals surface area contributed by atoms with E-state index in [1.165, 1.54) is 0 Å². The van der Waals surface area contributed by atoms with Gasteiger partial charge in [-0.3, -0.25) is 0 Å². The van der Waals surface area contributed by atoms with Crippen molar-refractivity contribution in [2.45, 2.75) is 0 Å². The van der Waals surface area contributed by atoms with E-state index in [1.54, 1.807) is 0 Å². The molecule has 0 amide bonds. The Labute approximate surface area is 24.8 Å². The zero-order valence-electron chi connectivity index (χ0n) is 2.98. The van der Waals surface area contributed by atoms with Crippen molar-refractivity contribution >= 4 is 0 Å². The minimum atomic E-state index is 0. The second kappa shape index (κ2) is 1.26. The molecule has 0 bridgehead atoms. The van der Waals surface area contributed by atoms with Crippen molar-refractivity contribution in [2.24, 2.45) is 0 Å². The minimum Gasteiger partial charge on any atom is -0.617 e. The summed E-state index contributed by atoms with van der Waals surface area (Å²) in [5, 5.41) is 3.69. The molecule has 0 N–H and O–H groups in total. The Morgan fingerprint density at radius 2 is 1.60 bits per heavy atom. The molecule has 0 unspecified atom stereocenters. The first kappa shape index (κ1) is 3.92. The average Bonchev–Trinajstić information content (AvgIpc) is 0.722. The van der Waals surface area contributed by atoms with Gasteiger partial charge in [0.15, 0.2) is 0 Å². The molecule has 1 aliphatic heterocycles. The topological polar surface area (TPSA) is 23.3 Å². The van der Waals surface area contributed by atoms with Crippen LogP contribution in [0.25, 0.3) is 5.32 Å². The van der Waals surface area contributed by atoms with Gasteiger partial charge in [-0.1, -0.05) is 0 Å². The summed E-state index contributed by atoms with van der Waals surface area (Å²) in [7, 11) is 0. The van der Waals surface area contributed by atoms with Crippen molar-refractivity contribution in [3.8, 4) is 0 Å². The second-order valence-electron chi connectivity index (χ2n) is 0.686. The summed E-state index contributed by atoms with van der Waals surface area (Å²) in [6.45, 7) is 1.25. The molecule has 2 nitrogen and oxygen atoms in total. The SMILES string of the molecule is C1[N-]CO1.[Rf]. The monoisotopic (exact) mass is 325 g/mol. The van der Waals surface area contributed by atoms with Crippen molar-refractivity contribution in [3.63, 3.8) is 0 Å². The van der Waals surface area contributed by atoms with Gasteiger partial charge in [0.25, 0.3) is 0 Å². The molecule has 0 aliphatic carbocycles. The fraction of sp³-hybridized carbons (Fsp3) is 1.00. The molecule has 3 heteroatoms. The molecule has 1 rings (SSSR count). The molecule has 0 radical (unpaired) electrons. The molecular formula is C2H4NORf-. The van der Waals surface area contributed by atoms with E-state index in [-0.39, 0.29) is 0 Å². The first-order chi connectivity index (χ1) is 2.00. The predicted octanol–water partition coefficient (Wildman–Crippen LogP) is 0.305. The normalized spacial score (nSPS) is 19.2. The van der Waals surface area contributed by atoms with Crippen molar-refractivity contribution in [1.29, 1.82) is 0 Å². The van der Waals surface area contributed by atoms with E-state index in [9.17, 15) is 0 Å². The Hall–Kier alpha value is -1.08. The van der Waals surface area contributed by atoms with Gasteiger partial charge in [0.05, 0.1) is 0 Å². The van der Waals surface area contributed by atoms with E-state index >= 15 is 0 Å². The fourth-order valence-electron chi connectivity index (χ4n) is 0.0913. The second-order valence-corrected chi connectivity index (χ2v) is 0.686. The van der Waals surface area contributed by atoms with Gasteiger partial charge in [0.2, 0.25) is 0 Å². The predicted molar refractivity (Wildman–Crippen MR) is 14.2 cm³/mol. The van der Waals surface area contributed by atoms with E-state index < -0.39 is 0 Å². The van der Waals surface area contributed by atoms with Crippen LogP contribution < -0.4 is 0 Å². The minimum absolute atomic E-state index is 0. The smallest absolute Gasteiger partial charge is 0 e. The van der Waals surface area contributed by atoms with E-state index in [1.807, 2.05) is 0 Å². The maximum atomic E-state index is 4.56. The van der Waals surface area contributed by atoms with Gasteiger partial charge in [-0.2, -0.15) is 0 Å². The Kier molecular flexibility index (Phi) is 0.990. The van der Waals surface area contributed by atoms with Gasteiger partial charge in [0, 0.05) is 0 Å². The van der Waals surface area contributed by atoms with Crippen molar-refractivity contribution in [3.05, 3.63) is 5.32 Å². The molecule has 0 atom stereocenters. The van der Waals surface area contributed by atoms with Gasteiger partial charge < -0.3 is 10.1 Å². The van der Waals surface area contributed by atoms with Crippen LogP contribution in [0.4, 0.5) is 0 Å². The molecule has 0 aromatic carbocycles. The maximum absolute atomic E-state index is 4.56. The zero-order valence-corrected chi connectivity index (χ0v) is 9.38. The van der Waals surface area contributed by atoms with E-state index in [4.69, 9.17) is 0 Å². The third-order valence-corrected chi connectivity index (χ3v) is 0.365. The average molecular weight is 325 g/mol. The Balaban J connectivity index is 0.000000160. The van der Waals surface area contributed by atoms with Gasteiger partial charge in [-0.25, -0.2) is 0 Å². The molecule has 0 aromatic heterocycles. The Morgan fingerprint density at radius 1 is 1.40 bits per heavy atom. The molecule has 0 spiro atoms. The number of nitrogens with zero attached hydrogens (tertiary/aromatic N) is 1. The first-order valence-electron chi connectivity index (χ1n) is 1.21. The van der Waals surface area contributed by atoms with Crippen LogP contribution in [-0.2, 0) is 4.74 Å². The van der Waals surface area contributed by atoms with Crippen molar-refractivity contribution < 1.29 is 4.74 Å². The van der Waals surface area contributed by atoms with Crippen LogP contribution >= 0.6 is 0 Å². The summed E-state index contributed by atoms with van der Waals surface area (Å²) in [4.78, 5) is 0. The Morgan fingerprint density at radius 3 is 1.60 bits per heavy atom.